The molecule has 0 N–H and O–H groups in total. The van der Waals surface area contributed by atoms with E-state index in [1.54, 1.807) is 11.8 Å². The Morgan fingerprint density at radius 2 is 1.82 bits per heavy atom. The minimum Gasteiger partial charge on any atom is -0.368 e. The molecule has 2 atom stereocenters. The van der Waals surface area contributed by atoms with Crippen LogP contribution in [0.4, 0.5) is 5.69 Å². The number of hydrogen-bond donors (Lipinski definition) is 0. The summed E-state index contributed by atoms with van der Waals surface area (Å²) in [5.74, 6) is 0.282. The second-order valence-corrected chi connectivity index (χ2v) is 14.0. The molecule has 12 heteroatoms. The highest BCUT2D eigenvalue weighted by atomic mass is 35.5. The van der Waals surface area contributed by atoms with Gasteiger partial charge in [0.2, 0.25) is 15.9 Å². The lowest BCUT2D eigenvalue weighted by Gasteiger charge is -2.36. The quantitative estimate of drug-likeness (QED) is 0.461. The summed E-state index contributed by atoms with van der Waals surface area (Å²) in [5, 5.41) is 0.747. The fraction of sp³-hybridized carbons (Fsp3) is 0.500. The molecule has 0 aliphatic carbocycles. The minimum atomic E-state index is -3.89. The Balaban J connectivity index is 1.37. The van der Waals surface area contributed by atoms with Gasteiger partial charge in [-0.1, -0.05) is 31.5 Å². The van der Waals surface area contributed by atoms with Crippen molar-refractivity contribution in [3.8, 4) is 0 Å². The van der Waals surface area contributed by atoms with Crippen LogP contribution in [-0.4, -0.2) is 72.3 Å². The first-order chi connectivity index (χ1) is 18.0. The first-order valence-corrected chi connectivity index (χ1v) is 15.4. The highest BCUT2D eigenvalue weighted by Crippen LogP contribution is 2.35. The van der Waals surface area contributed by atoms with E-state index in [1.165, 1.54) is 26.5 Å². The minimum absolute atomic E-state index is 0.0354. The van der Waals surface area contributed by atoms with Crippen LogP contribution in [0.1, 0.15) is 25.1 Å². The molecule has 1 aromatic carbocycles. The van der Waals surface area contributed by atoms with Crippen LogP contribution in [0.3, 0.4) is 0 Å². The van der Waals surface area contributed by atoms with E-state index in [9.17, 15) is 18.0 Å². The second kappa shape index (κ2) is 10.6. The van der Waals surface area contributed by atoms with Crippen LogP contribution in [0.2, 0.25) is 5.02 Å². The molecule has 0 spiro atoms. The number of aromatic nitrogens is 2. The molecule has 2 aromatic heterocycles. The summed E-state index contributed by atoms with van der Waals surface area (Å²) in [6, 6.07) is 7.62. The molecular weight excluding hydrogens is 546 g/mol. The molecule has 204 valence electrons. The van der Waals surface area contributed by atoms with Crippen molar-refractivity contribution in [1.29, 1.82) is 0 Å². The normalized spacial score (nSPS) is 21.3. The standard InChI is InChI=1S/C26H32ClN5O4S2/c1-17-11-18(2)14-32(13-17)38(35,36)24-19(3)37-25-23(24)26(34)31(16-28-25)15-22(33)30-9-7-29(8-10-30)21-6-4-5-20(27)12-21/h4-6,12,16-18H,7-11,13-15H2,1-3H3/t17-,18-/m0/s1. The maximum atomic E-state index is 13.7. The molecule has 38 heavy (non-hydrogen) atoms. The number of carbonyl (C=O) groups excluding carboxylic acids is 1. The van der Waals surface area contributed by atoms with Crippen molar-refractivity contribution in [2.75, 3.05) is 44.2 Å². The number of carbonyl (C=O) groups is 1. The Morgan fingerprint density at radius 3 is 2.47 bits per heavy atom. The monoisotopic (exact) mass is 577 g/mol. The van der Waals surface area contributed by atoms with Gasteiger partial charge in [0.1, 0.15) is 16.3 Å². The Bertz CT molecular complexity index is 1520. The van der Waals surface area contributed by atoms with Crippen LogP contribution >= 0.6 is 22.9 Å². The molecule has 4 heterocycles. The molecule has 2 fully saturated rings. The molecule has 3 aromatic rings. The summed E-state index contributed by atoms with van der Waals surface area (Å²) in [6.45, 7) is 8.80. The smallest absolute Gasteiger partial charge is 0.263 e. The van der Waals surface area contributed by atoms with E-state index in [2.05, 4.69) is 9.88 Å². The van der Waals surface area contributed by atoms with Gasteiger partial charge in [-0.25, -0.2) is 13.4 Å². The third-order valence-corrected chi connectivity index (χ3v) is 10.7. The van der Waals surface area contributed by atoms with Crippen LogP contribution in [0.25, 0.3) is 10.2 Å². The Morgan fingerprint density at radius 1 is 1.13 bits per heavy atom. The summed E-state index contributed by atoms with van der Waals surface area (Å²) in [4.78, 5) is 35.9. The maximum Gasteiger partial charge on any atom is 0.263 e. The summed E-state index contributed by atoms with van der Waals surface area (Å²) in [7, 11) is -3.89. The van der Waals surface area contributed by atoms with Gasteiger partial charge in [0.15, 0.2) is 0 Å². The Hall–Kier alpha value is -2.47. The summed E-state index contributed by atoms with van der Waals surface area (Å²) >= 11 is 7.32. The average molecular weight is 578 g/mol. The molecule has 0 unspecified atom stereocenters. The maximum absolute atomic E-state index is 13.7. The van der Waals surface area contributed by atoms with E-state index in [1.807, 2.05) is 38.1 Å². The zero-order chi connectivity index (χ0) is 27.2. The molecular formula is C26H32ClN5O4S2. The number of thiophene rings is 1. The number of anilines is 1. The summed E-state index contributed by atoms with van der Waals surface area (Å²) in [5.41, 5.74) is 0.511. The van der Waals surface area contributed by atoms with Gasteiger partial charge in [0.25, 0.3) is 5.56 Å². The number of halogens is 1. The zero-order valence-corrected chi connectivity index (χ0v) is 24.2. The van der Waals surface area contributed by atoms with Crippen molar-refractivity contribution < 1.29 is 13.2 Å². The number of rotatable bonds is 5. The van der Waals surface area contributed by atoms with Crippen molar-refractivity contribution in [3.63, 3.8) is 0 Å². The molecule has 2 saturated heterocycles. The van der Waals surface area contributed by atoms with E-state index in [-0.39, 0.29) is 34.6 Å². The molecule has 2 aliphatic heterocycles. The van der Waals surface area contributed by atoms with Gasteiger partial charge < -0.3 is 9.80 Å². The third-order valence-electron chi connectivity index (χ3n) is 7.34. The van der Waals surface area contributed by atoms with Crippen LogP contribution in [0.15, 0.2) is 40.3 Å². The average Bonchev–Trinajstić information content (AvgIpc) is 3.22. The van der Waals surface area contributed by atoms with E-state index in [4.69, 9.17) is 11.6 Å². The lowest BCUT2D eigenvalue weighted by atomic mass is 9.94. The van der Waals surface area contributed by atoms with Gasteiger partial charge in [-0.3, -0.25) is 14.2 Å². The van der Waals surface area contributed by atoms with Gasteiger partial charge in [-0.05, 0) is 43.4 Å². The molecule has 0 saturated carbocycles. The van der Waals surface area contributed by atoms with Crippen molar-refractivity contribution in [2.45, 2.75) is 38.6 Å². The fourth-order valence-corrected chi connectivity index (χ4v) is 9.13. The second-order valence-electron chi connectivity index (χ2n) is 10.5. The fourth-order valence-electron chi connectivity index (χ4n) is 5.60. The van der Waals surface area contributed by atoms with Gasteiger partial charge in [-0.15, -0.1) is 11.3 Å². The van der Waals surface area contributed by atoms with Crippen molar-refractivity contribution in [1.82, 2.24) is 18.8 Å². The Labute approximate surface area is 231 Å². The predicted octanol–water partition coefficient (Wildman–Crippen LogP) is 3.44. The van der Waals surface area contributed by atoms with Crippen LogP contribution in [-0.2, 0) is 21.4 Å². The lowest BCUT2D eigenvalue weighted by Crippen LogP contribution is -2.50. The van der Waals surface area contributed by atoms with Crippen LogP contribution in [0.5, 0.6) is 0 Å². The number of sulfonamides is 1. The number of nitrogens with zero attached hydrogens (tertiary/aromatic N) is 5. The SMILES string of the molecule is Cc1sc2ncn(CC(=O)N3CCN(c4cccc(Cl)c4)CC3)c(=O)c2c1S(=O)(=O)N1C[C@@H](C)C[C@H](C)C1. The molecule has 0 bridgehead atoms. The molecule has 5 rings (SSSR count). The van der Waals surface area contributed by atoms with E-state index in [0.717, 1.165) is 12.1 Å². The topological polar surface area (TPSA) is 95.8 Å². The zero-order valence-electron chi connectivity index (χ0n) is 21.8. The summed E-state index contributed by atoms with van der Waals surface area (Å²) in [6.07, 6.45) is 2.32. The van der Waals surface area contributed by atoms with Gasteiger partial charge in [0, 0.05) is 54.9 Å². The number of benzene rings is 1. The molecule has 1 amide bonds. The van der Waals surface area contributed by atoms with Gasteiger partial charge >= 0.3 is 0 Å². The lowest BCUT2D eigenvalue weighted by molar-refractivity contribution is -0.132. The largest absolute Gasteiger partial charge is 0.368 e. The van der Waals surface area contributed by atoms with Crippen molar-refractivity contribution >= 4 is 54.8 Å². The van der Waals surface area contributed by atoms with E-state index >= 15 is 0 Å². The molecule has 0 radical (unpaired) electrons. The number of piperidine rings is 1. The number of aryl methyl sites for hydroxylation is 1. The first-order valence-electron chi connectivity index (χ1n) is 12.8. The molecule has 2 aliphatic rings. The van der Waals surface area contributed by atoms with Gasteiger partial charge in [-0.2, -0.15) is 4.31 Å². The van der Waals surface area contributed by atoms with Crippen LogP contribution in [0, 0.1) is 18.8 Å². The molecule has 9 nitrogen and oxygen atoms in total. The summed E-state index contributed by atoms with van der Waals surface area (Å²) < 4.78 is 30.2. The number of amides is 1. The third kappa shape index (κ3) is 5.21. The number of piperazine rings is 1. The van der Waals surface area contributed by atoms with Crippen molar-refractivity contribution in [2.24, 2.45) is 11.8 Å². The van der Waals surface area contributed by atoms with E-state index in [0.29, 0.717) is 54.0 Å². The highest BCUT2D eigenvalue weighted by Gasteiger charge is 2.36. The van der Waals surface area contributed by atoms with Gasteiger partial charge in [0.05, 0.1) is 11.7 Å². The highest BCUT2D eigenvalue weighted by molar-refractivity contribution is 7.89. The van der Waals surface area contributed by atoms with Crippen molar-refractivity contribution in [3.05, 3.63) is 50.8 Å². The van der Waals surface area contributed by atoms with E-state index < -0.39 is 15.6 Å². The Kier molecular flexibility index (Phi) is 7.56. The predicted molar refractivity (Wildman–Crippen MR) is 151 cm³/mol. The number of hydrogen-bond acceptors (Lipinski definition) is 7. The van der Waals surface area contributed by atoms with Crippen LogP contribution < -0.4 is 10.5 Å². The first kappa shape index (κ1) is 27.1. The number of fused-ring (bicyclic) bond motifs is 1.